The highest BCUT2D eigenvalue weighted by molar-refractivity contribution is 5.95. The maximum atomic E-state index is 12.1. The number of hydrogen-bond donors (Lipinski definition) is 1. The molecule has 0 saturated carbocycles. The second kappa shape index (κ2) is 6.52. The Hall–Kier alpha value is -1.88. The molecular weight excluding hydrogens is 254 g/mol. The summed E-state index contributed by atoms with van der Waals surface area (Å²) in [7, 11) is 4.00. The van der Waals surface area contributed by atoms with Gasteiger partial charge < -0.3 is 15.1 Å². The average molecular weight is 275 g/mol. The van der Waals surface area contributed by atoms with E-state index in [0.29, 0.717) is 6.54 Å². The van der Waals surface area contributed by atoms with Gasteiger partial charge >= 0.3 is 0 Å². The van der Waals surface area contributed by atoms with Gasteiger partial charge in [0, 0.05) is 6.54 Å². The largest absolute Gasteiger partial charge is 0.345 e. The van der Waals surface area contributed by atoms with E-state index in [-0.39, 0.29) is 18.4 Å². The fraction of sp³-hybridized carbons (Fsp3) is 0.467. The van der Waals surface area contributed by atoms with Crippen molar-refractivity contribution in [3.05, 3.63) is 35.9 Å². The fourth-order valence-electron chi connectivity index (χ4n) is 2.42. The number of carbonyl (C=O) groups is 2. The summed E-state index contributed by atoms with van der Waals surface area (Å²) in [6.07, 6.45) is 0.857. The van der Waals surface area contributed by atoms with Crippen molar-refractivity contribution in [3.63, 3.8) is 0 Å². The zero-order chi connectivity index (χ0) is 14.5. The highest BCUT2D eigenvalue weighted by atomic mass is 16.2. The normalized spacial score (nSPS) is 19.4. The molecule has 1 atom stereocenters. The number of amides is 2. The number of carbonyl (C=O) groups excluding carboxylic acids is 2. The highest BCUT2D eigenvalue weighted by Crippen LogP contribution is 2.23. The standard InChI is InChI=1S/C15H21N3O2/c1-17(2)9-6-10-18-13(19)11-16-15(20)14(18)12-7-4-3-5-8-12/h3-5,7-8,14H,6,9-11H2,1-2H3,(H,16,20). The quantitative estimate of drug-likeness (QED) is 0.858. The maximum absolute atomic E-state index is 12.1. The monoisotopic (exact) mass is 275 g/mol. The summed E-state index contributed by atoms with van der Waals surface area (Å²) in [4.78, 5) is 28.0. The second-order valence-corrected chi connectivity index (χ2v) is 5.27. The number of nitrogens with one attached hydrogen (secondary N) is 1. The van der Waals surface area contributed by atoms with E-state index in [9.17, 15) is 9.59 Å². The highest BCUT2D eigenvalue weighted by Gasteiger charge is 2.34. The number of hydrogen-bond acceptors (Lipinski definition) is 3. The predicted octanol–water partition coefficient (Wildman–Crippen LogP) is 0.638. The van der Waals surface area contributed by atoms with Crippen molar-refractivity contribution in [2.45, 2.75) is 12.5 Å². The van der Waals surface area contributed by atoms with E-state index in [1.807, 2.05) is 44.4 Å². The van der Waals surface area contributed by atoms with Crippen LogP contribution in [0.15, 0.2) is 30.3 Å². The third-order valence-corrected chi connectivity index (χ3v) is 3.41. The predicted molar refractivity (Wildman–Crippen MR) is 77.1 cm³/mol. The van der Waals surface area contributed by atoms with Crippen LogP contribution in [-0.4, -0.2) is 55.3 Å². The minimum atomic E-state index is -0.500. The summed E-state index contributed by atoms with van der Waals surface area (Å²) in [5.74, 6) is -0.113. The fourth-order valence-corrected chi connectivity index (χ4v) is 2.42. The summed E-state index contributed by atoms with van der Waals surface area (Å²) >= 11 is 0. The smallest absolute Gasteiger partial charge is 0.247 e. The van der Waals surface area contributed by atoms with Crippen LogP contribution in [-0.2, 0) is 9.59 Å². The van der Waals surface area contributed by atoms with Gasteiger partial charge in [-0.2, -0.15) is 0 Å². The first-order valence-electron chi connectivity index (χ1n) is 6.86. The number of piperazine rings is 1. The van der Waals surface area contributed by atoms with Gasteiger partial charge in [-0.3, -0.25) is 9.59 Å². The Morgan fingerprint density at radius 2 is 1.95 bits per heavy atom. The summed E-state index contributed by atoms with van der Waals surface area (Å²) in [5, 5.41) is 2.67. The van der Waals surface area contributed by atoms with Gasteiger partial charge in [0.2, 0.25) is 11.8 Å². The molecule has 1 N–H and O–H groups in total. The lowest BCUT2D eigenvalue weighted by atomic mass is 10.0. The molecule has 1 fully saturated rings. The number of rotatable bonds is 5. The van der Waals surface area contributed by atoms with Crippen LogP contribution in [0.2, 0.25) is 0 Å². The van der Waals surface area contributed by atoms with Crippen molar-refractivity contribution in [3.8, 4) is 0 Å². The molecule has 5 nitrogen and oxygen atoms in total. The molecule has 1 aromatic rings. The Morgan fingerprint density at radius 3 is 2.60 bits per heavy atom. The van der Waals surface area contributed by atoms with Gasteiger partial charge in [-0.25, -0.2) is 0 Å². The van der Waals surface area contributed by atoms with Crippen molar-refractivity contribution in [1.82, 2.24) is 15.1 Å². The molecule has 1 aromatic carbocycles. The van der Waals surface area contributed by atoms with Crippen molar-refractivity contribution in [2.75, 3.05) is 33.7 Å². The molecule has 1 heterocycles. The van der Waals surface area contributed by atoms with Crippen LogP contribution in [0.5, 0.6) is 0 Å². The van der Waals surface area contributed by atoms with Crippen molar-refractivity contribution >= 4 is 11.8 Å². The zero-order valence-corrected chi connectivity index (χ0v) is 12.0. The van der Waals surface area contributed by atoms with Gasteiger partial charge in [0.1, 0.15) is 6.04 Å². The molecule has 0 aromatic heterocycles. The van der Waals surface area contributed by atoms with Crippen molar-refractivity contribution < 1.29 is 9.59 Å². The first-order valence-corrected chi connectivity index (χ1v) is 6.86. The summed E-state index contributed by atoms with van der Waals surface area (Å²) in [6, 6.07) is 8.96. The second-order valence-electron chi connectivity index (χ2n) is 5.27. The molecule has 108 valence electrons. The maximum Gasteiger partial charge on any atom is 0.247 e. The Bertz CT molecular complexity index is 473. The van der Waals surface area contributed by atoms with Gasteiger partial charge in [-0.15, -0.1) is 0 Å². The SMILES string of the molecule is CN(C)CCCN1C(=O)CNC(=O)C1c1ccccc1. The lowest BCUT2D eigenvalue weighted by Gasteiger charge is -2.35. The Kier molecular flexibility index (Phi) is 4.74. The summed E-state index contributed by atoms with van der Waals surface area (Å²) in [5.41, 5.74) is 0.864. The van der Waals surface area contributed by atoms with Crippen molar-refractivity contribution in [2.24, 2.45) is 0 Å². The van der Waals surface area contributed by atoms with E-state index in [1.54, 1.807) is 4.90 Å². The minimum Gasteiger partial charge on any atom is -0.345 e. The van der Waals surface area contributed by atoms with Crippen LogP contribution in [0.4, 0.5) is 0 Å². The first kappa shape index (κ1) is 14.5. The molecule has 0 radical (unpaired) electrons. The van der Waals surface area contributed by atoms with Crippen LogP contribution < -0.4 is 5.32 Å². The minimum absolute atomic E-state index is 0.0165. The zero-order valence-electron chi connectivity index (χ0n) is 12.0. The third kappa shape index (κ3) is 3.36. The molecule has 1 saturated heterocycles. The Morgan fingerprint density at radius 1 is 1.25 bits per heavy atom. The molecule has 20 heavy (non-hydrogen) atoms. The summed E-state index contributed by atoms with van der Waals surface area (Å²) < 4.78 is 0. The Labute approximate surface area is 119 Å². The molecule has 1 aliphatic heterocycles. The average Bonchev–Trinajstić information content (AvgIpc) is 2.43. The van der Waals surface area contributed by atoms with Gasteiger partial charge in [0.15, 0.2) is 0 Å². The summed E-state index contributed by atoms with van der Waals surface area (Å²) in [6.45, 7) is 1.60. The molecule has 0 bridgehead atoms. The van der Waals surface area contributed by atoms with Crippen molar-refractivity contribution in [1.29, 1.82) is 0 Å². The van der Waals surface area contributed by atoms with E-state index < -0.39 is 6.04 Å². The van der Waals surface area contributed by atoms with Gasteiger partial charge in [0.05, 0.1) is 6.54 Å². The topological polar surface area (TPSA) is 52.6 Å². The van der Waals surface area contributed by atoms with Crippen LogP contribution in [0.1, 0.15) is 18.0 Å². The molecule has 1 aliphatic rings. The van der Waals surface area contributed by atoms with Crippen LogP contribution in [0, 0.1) is 0 Å². The molecule has 5 heteroatoms. The number of benzene rings is 1. The van der Waals surface area contributed by atoms with Crippen LogP contribution >= 0.6 is 0 Å². The first-order chi connectivity index (χ1) is 9.59. The lowest BCUT2D eigenvalue weighted by Crippen LogP contribution is -2.53. The number of nitrogens with zero attached hydrogens (tertiary/aromatic N) is 2. The molecular formula is C15H21N3O2. The molecule has 1 unspecified atom stereocenters. The van der Waals surface area contributed by atoms with Crippen LogP contribution in [0.25, 0.3) is 0 Å². The lowest BCUT2D eigenvalue weighted by molar-refractivity contribution is -0.146. The third-order valence-electron chi connectivity index (χ3n) is 3.41. The molecule has 0 spiro atoms. The van der Waals surface area contributed by atoms with Crippen LogP contribution in [0.3, 0.4) is 0 Å². The van der Waals surface area contributed by atoms with E-state index in [1.165, 1.54) is 0 Å². The van der Waals surface area contributed by atoms with Gasteiger partial charge in [-0.05, 0) is 32.6 Å². The molecule has 0 aliphatic carbocycles. The van der Waals surface area contributed by atoms with E-state index in [0.717, 1.165) is 18.5 Å². The van der Waals surface area contributed by atoms with E-state index in [4.69, 9.17) is 0 Å². The molecule has 2 rings (SSSR count). The van der Waals surface area contributed by atoms with E-state index in [2.05, 4.69) is 10.2 Å². The Balaban J connectivity index is 2.15. The van der Waals surface area contributed by atoms with Gasteiger partial charge in [0.25, 0.3) is 0 Å². The van der Waals surface area contributed by atoms with Gasteiger partial charge in [-0.1, -0.05) is 30.3 Å². The molecule has 2 amide bonds. The van der Waals surface area contributed by atoms with E-state index >= 15 is 0 Å².